The molecule has 0 spiro atoms. The Kier molecular flexibility index (Phi) is 3.47. The first-order chi connectivity index (χ1) is 8.54. The van der Waals surface area contributed by atoms with Crippen LogP contribution in [0.15, 0.2) is 0 Å². The van der Waals surface area contributed by atoms with Gasteiger partial charge in [-0.3, -0.25) is 4.79 Å². The third kappa shape index (κ3) is 2.15. The van der Waals surface area contributed by atoms with Crippen molar-refractivity contribution in [3.8, 4) is 0 Å². The molecule has 18 heavy (non-hydrogen) atoms. The van der Waals surface area contributed by atoms with Crippen LogP contribution in [-0.2, 0) is 11.3 Å². The molecule has 0 bridgehead atoms. The molecule has 98 valence electrons. The lowest BCUT2D eigenvalue weighted by Gasteiger charge is -2.21. The van der Waals surface area contributed by atoms with Crippen LogP contribution < -0.4 is 16.4 Å². The fraction of sp³-hybridized carbons (Fsp3) is 0.583. The van der Waals surface area contributed by atoms with Crippen molar-refractivity contribution < 1.29 is 4.79 Å². The maximum absolute atomic E-state index is 11.2. The number of primary amides is 1. The van der Waals surface area contributed by atoms with Gasteiger partial charge in [0.25, 0.3) is 0 Å². The first-order valence-corrected chi connectivity index (χ1v) is 6.11. The van der Waals surface area contributed by atoms with Gasteiger partial charge in [-0.15, -0.1) is 5.10 Å². The molecular weight excluding hydrogens is 230 g/mol. The molecule has 6 heteroatoms. The normalized spacial score (nSPS) is 19.3. The van der Waals surface area contributed by atoms with Gasteiger partial charge in [-0.25, -0.2) is 0 Å². The number of nitrogens with zero attached hydrogens (tertiary/aromatic N) is 3. The molecule has 2 rings (SSSR count). The van der Waals surface area contributed by atoms with Gasteiger partial charge in [0.05, 0.1) is 11.6 Å². The summed E-state index contributed by atoms with van der Waals surface area (Å²) >= 11 is 0. The Labute approximate surface area is 106 Å². The molecule has 4 N–H and O–H groups in total. The van der Waals surface area contributed by atoms with E-state index in [1.54, 1.807) is 0 Å². The van der Waals surface area contributed by atoms with Gasteiger partial charge in [0.1, 0.15) is 0 Å². The van der Waals surface area contributed by atoms with Gasteiger partial charge in [-0.05, 0) is 25.8 Å². The van der Waals surface area contributed by atoms with Gasteiger partial charge in [0, 0.05) is 25.2 Å². The number of carbonyl (C=O) groups excluding carboxylic acids is 1. The molecule has 1 aromatic heterocycles. The molecule has 1 aliphatic rings. The van der Waals surface area contributed by atoms with Crippen molar-refractivity contribution in [3.05, 3.63) is 16.8 Å². The van der Waals surface area contributed by atoms with Crippen molar-refractivity contribution in [2.45, 2.75) is 26.8 Å². The standard InChI is InChI=1S/C12H19N5O/c1-7-8(2)15-16-12(10(7)5-13)17-4-3-9(6-17)11(14)18/h9H,3-6,13H2,1-2H3,(H2,14,18). The van der Waals surface area contributed by atoms with Gasteiger partial charge >= 0.3 is 0 Å². The van der Waals surface area contributed by atoms with Crippen molar-refractivity contribution in [3.63, 3.8) is 0 Å². The van der Waals surface area contributed by atoms with Crippen LogP contribution in [0.25, 0.3) is 0 Å². The Hall–Kier alpha value is -1.69. The SMILES string of the molecule is Cc1nnc(N2CCC(C(N)=O)C2)c(CN)c1C. The Morgan fingerprint density at radius 2 is 2.17 bits per heavy atom. The van der Waals surface area contributed by atoms with Gasteiger partial charge in [0.15, 0.2) is 5.82 Å². The molecule has 0 aliphatic carbocycles. The number of hydrogen-bond acceptors (Lipinski definition) is 5. The molecule has 1 unspecified atom stereocenters. The zero-order valence-corrected chi connectivity index (χ0v) is 10.8. The molecule has 2 heterocycles. The second-order valence-corrected chi connectivity index (χ2v) is 4.75. The van der Waals surface area contributed by atoms with Crippen LogP contribution in [0.4, 0.5) is 5.82 Å². The Morgan fingerprint density at radius 1 is 1.44 bits per heavy atom. The van der Waals surface area contributed by atoms with Gasteiger partial charge in [-0.2, -0.15) is 5.10 Å². The summed E-state index contributed by atoms with van der Waals surface area (Å²) in [4.78, 5) is 13.2. The van der Waals surface area contributed by atoms with E-state index in [4.69, 9.17) is 11.5 Å². The second-order valence-electron chi connectivity index (χ2n) is 4.75. The minimum atomic E-state index is -0.247. The number of aromatic nitrogens is 2. The summed E-state index contributed by atoms with van der Waals surface area (Å²) in [6.45, 7) is 5.73. The quantitative estimate of drug-likeness (QED) is 0.777. The average molecular weight is 249 g/mol. The molecule has 1 atom stereocenters. The van der Waals surface area contributed by atoms with E-state index in [1.165, 1.54) is 0 Å². The molecule has 1 fully saturated rings. The largest absolute Gasteiger partial charge is 0.369 e. The van der Waals surface area contributed by atoms with E-state index in [2.05, 4.69) is 15.1 Å². The molecule has 1 saturated heterocycles. The Morgan fingerprint density at radius 3 is 2.72 bits per heavy atom. The maximum atomic E-state index is 11.2. The van der Waals surface area contributed by atoms with Crippen molar-refractivity contribution in [2.24, 2.45) is 17.4 Å². The summed E-state index contributed by atoms with van der Waals surface area (Å²) < 4.78 is 0. The molecular formula is C12H19N5O. The zero-order chi connectivity index (χ0) is 13.3. The van der Waals surface area contributed by atoms with E-state index in [0.717, 1.165) is 35.6 Å². The third-order valence-corrected chi connectivity index (χ3v) is 3.65. The minimum Gasteiger partial charge on any atom is -0.369 e. The smallest absolute Gasteiger partial charge is 0.222 e. The van der Waals surface area contributed by atoms with E-state index in [9.17, 15) is 4.79 Å². The average Bonchev–Trinajstić information content (AvgIpc) is 2.82. The predicted octanol–water partition coefficient (Wildman–Crippen LogP) is -0.136. The monoisotopic (exact) mass is 249 g/mol. The third-order valence-electron chi connectivity index (χ3n) is 3.65. The van der Waals surface area contributed by atoms with Crippen LogP contribution in [0, 0.1) is 19.8 Å². The van der Waals surface area contributed by atoms with E-state index in [0.29, 0.717) is 13.1 Å². The summed E-state index contributed by atoms with van der Waals surface area (Å²) in [6.07, 6.45) is 0.772. The lowest BCUT2D eigenvalue weighted by molar-refractivity contribution is -0.121. The van der Waals surface area contributed by atoms with Crippen LogP contribution in [0.2, 0.25) is 0 Å². The summed E-state index contributed by atoms with van der Waals surface area (Å²) in [5.74, 6) is 0.451. The number of nitrogens with two attached hydrogens (primary N) is 2. The first kappa shape index (κ1) is 12.8. The molecule has 6 nitrogen and oxygen atoms in total. The lowest BCUT2D eigenvalue weighted by atomic mass is 10.1. The van der Waals surface area contributed by atoms with Crippen LogP contribution in [0.5, 0.6) is 0 Å². The number of anilines is 1. The van der Waals surface area contributed by atoms with E-state index < -0.39 is 0 Å². The highest BCUT2D eigenvalue weighted by Crippen LogP contribution is 2.27. The van der Waals surface area contributed by atoms with Gasteiger partial charge in [-0.1, -0.05) is 0 Å². The van der Waals surface area contributed by atoms with Gasteiger partial charge < -0.3 is 16.4 Å². The topological polar surface area (TPSA) is 98.1 Å². The van der Waals surface area contributed by atoms with Crippen molar-refractivity contribution in [1.29, 1.82) is 0 Å². The number of carbonyl (C=O) groups is 1. The van der Waals surface area contributed by atoms with E-state index in [-0.39, 0.29) is 11.8 Å². The number of hydrogen-bond donors (Lipinski definition) is 2. The first-order valence-electron chi connectivity index (χ1n) is 6.11. The van der Waals surface area contributed by atoms with Crippen LogP contribution >= 0.6 is 0 Å². The molecule has 0 saturated carbocycles. The highest BCUT2D eigenvalue weighted by Gasteiger charge is 2.29. The van der Waals surface area contributed by atoms with Crippen LogP contribution in [-0.4, -0.2) is 29.2 Å². The lowest BCUT2D eigenvalue weighted by Crippen LogP contribution is -2.29. The molecule has 1 amide bonds. The van der Waals surface area contributed by atoms with E-state index in [1.807, 2.05) is 13.8 Å². The summed E-state index contributed by atoms with van der Waals surface area (Å²) in [6, 6.07) is 0. The minimum absolute atomic E-state index is 0.0981. The number of amides is 1. The van der Waals surface area contributed by atoms with Crippen LogP contribution in [0.3, 0.4) is 0 Å². The van der Waals surface area contributed by atoms with Crippen LogP contribution in [0.1, 0.15) is 23.2 Å². The Balaban J connectivity index is 2.30. The van der Waals surface area contributed by atoms with Gasteiger partial charge in [0.2, 0.25) is 5.91 Å². The maximum Gasteiger partial charge on any atom is 0.222 e. The molecule has 0 radical (unpaired) electrons. The second kappa shape index (κ2) is 4.89. The van der Waals surface area contributed by atoms with Crippen molar-refractivity contribution in [1.82, 2.24) is 10.2 Å². The van der Waals surface area contributed by atoms with E-state index >= 15 is 0 Å². The fourth-order valence-corrected chi connectivity index (χ4v) is 2.33. The number of rotatable bonds is 3. The number of aryl methyl sites for hydroxylation is 1. The molecule has 0 aromatic carbocycles. The molecule has 1 aromatic rings. The summed E-state index contributed by atoms with van der Waals surface area (Å²) in [7, 11) is 0. The highest BCUT2D eigenvalue weighted by atomic mass is 16.1. The highest BCUT2D eigenvalue weighted by molar-refractivity contribution is 5.78. The fourth-order valence-electron chi connectivity index (χ4n) is 2.33. The summed E-state index contributed by atoms with van der Waals surface area (Å²) in [5.41, 5.74) is 14.1. The summed E-state index contributed by atoms with van der Waals surface area (Å²) in [5, 5.41) is 8.37. The molecule has 1 aliphatic heterocycles. The zero-order valence-electron chi connectivity index (χ0n) is 10.8. The Bertz CT molecular complexity index is 474. The van der Waals surface area contributed by atoms with Crippen molar-refractivity contribution in [2.75, 3.05) is 18.0 Å². The predicted molar refractivity (Wildman–Crippen MR) is 68.9 cm³/mol. The van der Waals surface area contributed by atoms with Crippen molar-refractivity contribution >= 4 is 11.7 Å².